The fraction of sp³-hybridized carbons (Fsp3) is 0.105. The van der Waals surface area contributed by atoms with Gasteiger partial charge < -0.3 is 15.9 Å². The number of hydrazone groups is 1. The Morgan fingerprint density at radius 1 is 1.22 bits per heavy atom. The summed E-state index contributed by atoms with van der Waals surface area (Å²) in [5.74, 6) is -1.62. The average Bonchev–Trinajstić information content (AvgIpc) is 2.64. The number of benzene rings is 2. The zero-order valence-electron chi connectivity index (χ0n) is 14.2. The monoisotopic (exact) mass is 387 g/mol. The van der Waals surface area contributed by atoms with Crippen molar-refractivity contribution < 1.29 is 19.8 Å². The fourth-order valence-corrected chi connectivity index (χ4v) is 2.25. The highest BCUT2D eigenvalue weighted by Gasteiger charge is 2.08. The van der Waals surface area contributed by atoms with Crippen molar-refractivity contribution in [3.05, 3.63) is 70.3 Å². The molecule has 0 heterocycles. The number of carbonyl (C=O) groups is 2. The molecule has 1 atom stereocenters. The molecule has 2 rings (SSSR count). The lowest BCUT2D eigenvalue weighted by molar-refractivity contribution is -0.138. The highest BCUT2D eigenvalue weighted by molar-refractivity contribution is 6.32. The summed E-state index contributed by atoms with van der Waals surface area (Å²) in [5, 5.41) is 22.1. The number of phenolic OH excluding ortho intramolecular Hbond substituents is 1. The number of amides is 1. The molecule has 140 valence electrons. The van der Waals surface area contributed by atoms with Crippen molar-refractivity contribution in [1.29, 1.82) is 0 Å². The van der Waals surface area contributed by atoms with E-state index in [4.69, 9.17) is 22.4 Å². The quantitative estimate of drug-likeness (QED) is 0.429. The van der Waals surface area contributed by atoms with E-state index in [2.05, 4.69) is 10.5 Å². The van der Waals surface area contributed by atoms with Crippen LogP contribution in [-0.2, 0) is 4.79 Å². The highest BCUT2D eigenvalue weighted by atomic mass is 35.5. The number of rotatable bonds is 7. The summed E-state index contributed by atoms with van der Waals surface area (Å²) in [4.78, 5) is 22.7. The molecule has 0 saturated heterocycles. The number of hydrogen-bond acceptors (Lipinski definition) is 5. The molecule has 0 aliphatic rings. The first-order valence-corrected chi connectivity index (χ1v) is 8.31. The van der Waals surface area contributed by atoms with Crippen LogP contribution in [0.5, 0.6) is 5.75 Å². The molecule has 0 radical (unpaired) electrons. The molecule has 5 N–H and O–H groups in total. The van der Waals surface area contributed by atoms with Crippen LogP contribution in [0.2, 0.25) is 5.02 Å². The van der Waals surface area contributed by atoms with Gasteiger partial charge in [0, 0.05) is 5.56 Å². The molecule has 1 unspecified atom stereocenters. The number of phenols is 1. The predicted octanol–water partition coefficient (Wildman–Crippen LogP) is 2.62. The van der Waals surface area contributed by atoms with Crippen LogP contribution in [0.25, 0.3) is 6.08 Å². The molecule has 7 nitrogen and oxygen atoms in total. The molecule has 0 aliphatic heterocycles. The Balaban J connectivity index is 1.96. The Morgan fingerprint density at radius 3 is 2.67 bits per heavy atom. The smallest absolute Gasteiger partial charge is 0.320 e. The van der Waals surface area contributed by atoms with Crippen molar-refractivity contribution in [2.24, 2.45) is 10.8 Å². The van der Waals surface area contributed by atoms with Gasteiger partial charge in [0.25, 0.3) is 5.91 Å². The molecule has 1 amide bonds. The largest absolute Gasteiger partial charge is 0.506 e. The molecule has 0 saturated carbocycles. The summed E-state index contributed by atoms with van der Waals surface area (Å²) in [6, 6.07) is 10.4. The number of carbonyl (C=O) groups excluding carboxylic acids is 1. The SMILES string of the molecule is NC(C/C=C/c1cccc(/C=N/NC(=O)c2ccc(O)c(Cl)c2)c1)C(=O)O. The van der Waals surface area contributed by atoms with Gasteiger partial charge in [-0.1, -0.05) is 42.0 Å². The summed E-state index contributed by atoms with van der Waals surface area (Å²) in [7, 11) is 0. The number of nitrogens with one attached hydrogen (secondary N) is 1. The molecule has 8 heteroatoms. The maximum Gasteiger partial charge on any atom is 0.320 e. The number of aliphatic carboxylic acids is 1. The second kappa shape index (κ2) is 9.51. The Kier molecular flexibility index (Phi) is 7.10. The first-order valence-electron chi connectivity index (χ1n) is 7.93. The van der Waals surface area contributed by atoms with Crippen LogP contribution < -0.4 is 11.2 Å². The van der Waals surface area contributed by atoms with E-state index in [1.165, 1.54) is 24.4 Å². The molecule has 2 aromatic rings. The van der Waals surface area contributed by atoms with E-state index in [9.17, 15) is 14.7 Å². The van der Waals surface area contributed by atoms with Gasteiger partial charge in [-0.15, -0.1) is 0 Å². The van der Waals surface area contributed by atoms with E-state index in [-0.39, 0.29) is 22.8 Å². The zero-order chi connectivity index (χ0) is 19.8. The normalized spacial score (nSPS) is 12.4. The third kappa shape index (κ3) is 6.25. The number of carboxylic acid groups (broad SMARTS) is 1. The molecule has 0 aromatic heterocycles. The number of halogens is 1. The first kappa shape index (κ1) is 20.2. The average molecular weight is 388 g/mol. The lowest BCUT2D eigenvalue weighted by Gasteiger charge is -2.02. The van der Waals surface area contributed by atoms with Crippen molar-refractivity contribution in [2.45, 2.75) is 12.5 Å². The van der Waals surface area contributed by atoms with Crippen molar-refractivity contribution >= 4 is 35.8 Å². The molecular formula is C19H18ClN3O4. The lowest BCUT2D eigenvalue weighted by atomic mass is 10.1. The van der Waals surface area contributed by atoms with Crippen LogP contribution in [0.15, 0.2) is 53.6 Å². The van der Waals surface area contributed by atoms with Gasteiger partial charge in [0.15, 0.2) is 0 Å². The molecule has 0 spiro atoms. The number of hydrogen-bond donors (Lipinski definition) is 4. The van der Waals surface area contributed by atoms with Crippen LogP contribution in [0, 0.1) is 0 Å². The Morgan fingerprint density at radius 2 is 1.96 bits per heavy atom. The van der Waals surface area contributed by atoms with Crippen LogP contribution in [-0.4, -0.2) is 34.3 Å². The van der Waals surface area contributed by atoms with Gasteiger partial charge >= 0.3 is 5.97 Å². The second-order valence-corrected chi connectivity index (χ2v) is 6.03. The molecular weight excluding hydrogens is 370 g/mol. The Hall–Kier alpha value is -3.16. The van der Waals surface area contributed by atoms with Crippen molar-refractivity contribution in [3.8, 4) is 5.75 Å². The van der Waals surface area contributed by atoms with Gasteiger partial charge in [0.05, 0.1) is 11.2 Å². The van der Waals surface area contributed by atoms with Gasteiger partial charge in [-0.05, 0) is 41.8 Å². The summed E-state index contributed by atoms with van der Waals surface area (Å²) < 4.78 is 0. The van der Waals surface area contributed by atoms with E-state index >= 15 is 0 Å². The predicted molar refractivity (Wildman–Crippen MR) is 104 cm³/mol. The minimum atomic E-state index is -1.05. The third-order valence-electron chi connectivity index (χ3n) is 3.52. The first-order chi connectivity index (χ1) is 12.9. The number of nitrogens with zero attached hydrogens (tertiary/aromatic N) is 1. The summed E-state index contributed by atoms with van der Waals surface area (Å²) in [6.07, 6.45) is 5.14. The zero-order valence-corrected chi connectivity index (χ0v) is 14.9. The third-order valence-corrected chi connectivity index (χ3v) is 3.82. The molecule has 0 fully saturated rings. The Labute approximate surface area is 160 Å². The molecule has 27 heavy (non-hydrogen) atoms. The van der Waals surface area contributed by atoms with Crippen LogP contribution >= 0.6 is 11.6 Å². The van der Waals surface area contributed by atoms with Crippen molar-refractivity contribution in [3.63, 3.8) is 0 Å². The molecule has 2 aromatic carbocycles. The lowest BCUT2D eigenvalue weighted by Crippen LogP contribution is -2.29. The Bertz CT molecular complexity index is 896. The van der Waals surface area contributed by atoms with Crippen LogP contribution in [0.4, 0.5) is 0 Å². The number of nitrogens with two attached hydrogens (primary N) is 1. The van der Waals surface area contributed by atoms with Crippen LogP contribution in [0.3, 0.4) is 0 Å². The van der Waals surface area contributed by atoms with E-state index < -0.39 is 17.9 Å². The van der Waals surface area contributed by atoms with Gasteiger partial charge in [-0.25, -0.2) is 5.43 Å². The minimum Gasteiger partial charge on any atom is -0.506 e. The number of carboxylic acids is 1. The van der Waals surface area contributed by atoms with Gasteiger partial charge in [-0.3, -0.25) is 9.59 Å². The van der Waals surface area contributed by atoms with Gasteiger partial charge in [0.1, 0.15) is 11.8 Å². The second-order valence-electron chi connectivity index (χ2n) is 5.62. The number of aromatic hydroxyl groups is 1. The summed E-state index contributed by atoms with van der Waals surface area (Å²) in [6.45, 7) is 0. The maximum absolute atomic E-state index is 12.0. The van der Waals surface area contributed by atoms with Gasteiger partial charge in [0.2, 0.25) is 0 Å². The topological polar surface area (TPSA) is 125 Å². The van der Waals surface area contributed by atoms with Crippen molar-refractivity contribution in [1.82, 2.24) is 5.43 Å². The van der Waals surface area contributed by atoms with Gasteiger partial charge in [-0.2, -0.15) is 5.10 Å². The van der Waals surface area contributed by atoms with E-state index in [0.717, 1.165) is 11.1 Å². The molecule has 0 aliphatic carbocycles. The highest BCUT2D eigenvalue weighted by Crippen LogP contribution is 2.23. The van der Waals surface area contributed by atoms with Crippen molar-refractivity contribution in [2.75, 3.05) is 0 Å². The summed E-state index contributed by atoms with van der Waals surface area (Å²) in [5.41, 5.74) is 9.66. The minimum absolute atomic E-state index is 0.0775. The van der Waals surface area contributed by atoms with E-state index in [1.54, 1.807) is 24.3 Å². The van der Waals surface area contributed by atoms with E-state index in [0.29, 0.717) is 0 Å². The summed E-state index contributed by atoms with van der Waals surface area (Å²) >= 11 is 5.77. The molecule has 0 bridgehead atoms. The van der Waals surface area contributed by atoms with Crippen LogP contribution in [0.1, 0.15) is 27.9 Å². The van der Waals surface area contributed by atoms with E-state index in [1.807, 2.05) is 12.1 Å². The maximum atomic E-state index is 12.0. The standard InChI is InChI=1S/C19H18ClN3O4/c20-15-10-14(7-8-17(15)24)18(25)23-22-11-13-5-1-3-12(9-13)4-2-6-16(21)19(26)27/h1-5,7-11,16,24H,6,21H2,(H,23,25)(H,26,27)/b4-2+,22-11+. The fourth-order valence-electron chi connectivity index (χ4n) is 2.07.